The molecule has 0 unspecified atom stereocenters. The number of pyridine rings is 1. The van der Waals surface area contributed by atoms with Gasteiger partial charge in [-0.2, -0.15) is 0 Å². The molecule has 0 spiro atoms. The van der Waals surface area contributed by atoms with E-state index < -0.39 is 0 Å². The standard InChI is InChI=1S/C22H16N4O3S2/c1-29-16-6-4-5-15(12-16)26-21(28)20-17(8-10-30-20)24-22(26)31-13-14-11-19(27)25-9-3-2-7-18(25)23-14/h2-12H,13H2,1H3. The van der Waals surface area contributed by atoms with Crippen molar-refractivity contribution in [2.75, 3.05) is 7.11 Å². The van der Waals surface area contributed by atoms with Crippen molar-refractivity contribution in [2.45, 2.75) is 10.9 Å². The number of benzene rings is 1. The molecule has 0 aliphatic rings. The highest BCUT2D eigenvalue weighted by molar-refractivity contribution is 7.98. The first-order chi connectivity index (χ1) is 15.1. The number of hydrogen-bond acceptors (Lipinski definition) is 7. The van der Waals surface area contributed by atoms with E-state index in [2.05, 4.69) is 4.98 Å². The third-order valence-corrected chi connectivity index (χ3v) is 6.60. The molecular weight excluding hydrogens is 432 g/mol. The van der Waals surface area contributed by atoms with Gasteiger partial charge in [0.25, 0.3) is 11.1 Å². The third-order valence-electron chi connectivity index (χ3n) is 4.73. The molecule has 0 aliphatic heterocycles. The van der Waals surface area contributed by atoms with Gasteiger partial charge in [-0.05, 0) is 35.7 Å². The van der Waals surface area contributed by atoms with Gasteiger partial charge in [-0.15, -0.1) is 11.3 Å². The molecule has 0 atom stereocenters. The van der Waals surface area contributed by atoms with Crippen molar-refractivity contribution in [3.8, 4) is 11.4 Å². The van der Waals surface area contributed by atoms with Crippen LogP contribution in [0.15, 0.2) is 80.9 Å². The van der Waals surface area contributed by atoms with E-state index in [1.807, 2.05) is 35.7 Å². The molecule has 0 N–H and O–H groups in total. The van der Waals surface area contributed by atoms with Gasteiger partial charge in [-0.1, -0.05) is 23.9 Å². The van der Waals surface area contributed by atoms with Gasteiger partial charge in [0.1, 0.15) is 16.1 Å². The number of thiophene rings is 1. The molecule has 7 nitrogen and oxygen atoms in total. The largest absolute Gasteiger partial charge is 0.497 e. The Labute approximate surface area is 184 Å². The van der Waals surface area contributed by atoms with Crippen molar-refractivity contribution >= 4 is 39.0 Å². The fourth-order valence-corrected chi connectivity index (χ4v) is 4.95. The summed E-state index contributed by atoms with van der Waals surface area (Å²) in [6.45, 7) is 0. The van der Waals surface area contributed by atoms with Gasteiger partial charge in [0.2, 0.25) is 0 Å². The maximum Gasteiger partial charge on any atom is 0.276 e. The Hall–Kier alpha value is -3.43. The summed E-state index contributed by atoms with van der Waals surface area (Å²) in [5.74, 6) is 1.04. The zero-order valence-electron chi connectivity index (χ0n) is 16.4. The highest BCUT2D eigenvalue weighted by atomic mass is 32.2. The molecule has 4 aromatic heterocycles. The van der Waals surface area contributed by atoms with Gasteiger partial charge in [-0.3, -0.25) is 18.6 Å². The van der Waals surface area contributed by atoms with E-state index >= 15 is 0 Å². The van der Waals surface area contributed by atoms with E-state index in [4.69, 9.17) is 9.72 Å². The van der Waals surface area contributed by atoms with Crippen molar-refractivity contribution in [1.82, 2.24) is 18.9 Å². The lowest BCUT2D eigenvalue weighted by Crippen LogP contribution is -2.21. The van der Waals surface area contributed by atoms with E-state index in [1.165, 1.54) is 33.6 Å². The second-order valence-corrected chi connectivity index (χ2v) is 8.53. The number of fused-ring (bicyclic) bond motifs is 2. The van der Waals surface area contributed by atoms with E-state index in [1.54, 1.807) is 36.1 Å². The Kier molecular flexibility index (Phi) is 5.05. The summed E-state index contributed by atoms with van der Waals surface area (Å²) in [5.41, 5.74) is 2.24. The van der Waals surface area contributed by atoms with Crippen LogP contribution in [0.1, 0.15) is 5.69 Å². The number of thioether (sulfide) groups is 1. The first kappa shape index (κ1) is 19.5. The molecule has 5 aromatic rings. The Morgan fingerprint density at radius 3 is 2.84 bits per heavy atom. The molecule has 0 saturated heterocycles. The summed E-state index contributed by atoms with van der Waals surface area (Å²) in [5, 5.41) is 2.38. The molecule has 9 heteroatoms. The van der Waals surface area contributed by atoms with Crippen LogP contribution in [0, 0.1) is 0 Å². The monoisotopic (exact) mass is 448 g/mol. The molecule has 31 heavy (non-hydrogen) atoms. The second-order valence-electron chi connectivity index (χ2n) is 6.67. The fraction of sp³-hybridized carbons (Fsp3) is 0.0909. The topological polar surface area (TPSA) is 78.5 Å². The van der Waals surface area contributed by atoms with Crippen LogP contribution < -0.4 is 15.9 Å². The van der Waals surface area contributed by atoms with E-state index in [0.29, 0.717) is 43.9 Å². The van der Waals surface area contributed by atoms with Gasteiger partial charge >= 0.3 is 0 Å². The van der Waals surface area contributed by atoms with Crippen LogP contribution in [0.3, 0.4) is 0 Å². The normalized spacial score (nSPS) is 11.3. The average molecular weight is 449 g/mol. The van der Waals surface area contributed by atoms with Crippen molar-refractivity contribution in [1.29, 1.82) is 0 Å². The van der Waals surface area contributed by atoms with E-state index in [9.17, 15) is 9.59 Å². The van der Waals surface area contributed by atoms with Crippen LogP contribution in [0.5, 0.6) is 5.75 Å². The molecule has 0 aliphatic carbocycles. The SMILES string of the molecule is COc1cccc(-n2c(SCc3cc(=O)n4ccccc4n3)nc3ccsc3c2=O)c1. The Morgan fingerprint density at radius 2 is 1.97 bits per heavy atom. The highest BCUT2D eigenvalue weighted by Crippen LogP contribution is 2.27. The first-order valence-electron chi connectivity index (χ1n) is 9.39. The molecule has 0 saturated carbocycles. The van der Waals surface area contributed by atoms with Crippen LogP contribution in [0.2, 0.25) is 0 Å². The van der Waals surface area contributed by atoms with Gasteiger partial charge in [-0.25, -0.2) is 9.97 Å². The smallest absolute Gasteiger partial charge is 0.276 e. The molecule has 154 valence electrons. The molecule has 4 heterocycles. The van der Waals surface area contributed by atoms with Crippen molar-refractivity contribution < 1.29 is 4.74 Å². The number of aromatic nitrogens is 4. The van der Waals surface area contributed by atoms with Gasteiger partial charge in [0, 0.05) is 24.1 Å². The zero-order chi connectivity index (χ0) is 21.4. The van der Waals surface area contributed by atoms with Crippen LogP contribution in [0.25, 0.3) is 21.6 Å². The first-order valence-corrected chi connectivity index (χ1v) is 11.3. The predicted molar refractivity (Wildman–Crippen MR) is 123 cm³/mol. The molecule has 1 aromatic carbocycles. The van der Waals surface area contributed by atoms with E-state index in [0.717, 1.165) is 0 Å². The molecule has 0 bridgehead atoms. The summed E-state index contributed by atoms with van der Waals surface area (Å²) >= 11 is 2.73. The van der Waals surface area contributed by atoms with Gasteiger partial charge in [0.05, 0.1) is 24.0 Å². The summed E-state index contributed by atoms with van der Waals surface area (Å²) in [6.07, 6.45) is 1.69. The number of nitrogens with zero attached hydrogens (tertiary/aromatic N) is 4. The van der Waals surface area contributed by atoms with Crippen molar-refractivity contribution in [2.24, 2.45) is 0 Å². The lowest BCUT2D eigenvalue weighted by atomic mass is 10.3. The lowest BCUT2D eigenvalue weighted by molar-refractivity contribution is 0.414. The van der Waals surface area contributed by atoms with Crippen LogP contribution in [0.4, 0.5) is 0 Å². The van der Waals surface area contributed by atoms with Crippen LogP contribution in [-0.2, 0) is 5.75 Å². The summed E-state index contributed by atoms with van der Waals surface area (Å²) < 4.78 is 9.00. The van der Waals surface area contributed by atoms with Crippen molar-refractivity contribution in [3.63, 3.8) is 0 Å². The average Bonchev–Trinajstić information content (AvgIpc) is 3.27. The highest BCUT2D eigenvalue weighted by Gasteiger charge is 2.15. The number of hydrogen-bond donors (Lipinski definition) is 0. The Morgan fingerprint density at radius 1 is 1.06 bits per heavy atom. The number of ether oxygens (including phenoxy) is 1. The predicted octanol–water partition coefficient (Wildman–Crippen LogP) is 3.76. The van der Waals surface area contributed by atoms with Crippen LogP contribution >= 0.6 is 23.1 Å². The third kappa shape index (κ3) is 3.62. The summed E-state index contributed by atoms with van der Waals surface area (Å²) in [7, 11) is 1.59. The quantitative estimate of drug-likeness (QED) is 0.301. The second kappa shape index (κ2) is 8.01. The number of methoxy groups -OCH3 is 1. The minimum Gasteiger partial charge on any atom is -0.497 e. The zero-order valence-corrected chi connectivity index (χ0v) is 18.0. The molecule has 0 fully saturated rings. The maximum atomic E-state index is 13.3. The fourth-order valence-electron chi connectivity index (χ4n) is 3.28. The van der Waals surface area contributed by atoms with Crippen LogP contribution in [-0.4, -0.2) is 26.0 Å². The Balaban J connectivity index is 1.59. The molecule has 0 amide bonds. The van der Waals surface area contributed by atoms with E-state index in [-0.39, 0.29) is 11.1 Å². The summed E-state index contributed by atoms with van der Waals surface area (Å²) in [4.78, 5) is 34.9. The molecule has 5 rings (SSSR count). The molecular formula is C22H16N4O3S2. The van der Waals surface area contributed by atoms with Gasteiger partial charge in [0.15, 0.2) is 5.16 Å². The maximum absolute atomic E-state index is 13.3. The number of rotatable bonds is 5. The van der Waals surface area contributed by atoms with Gasteiger partial charge < -0.3 is 4.74 Å². The summed E-state index contributed by atoms with van der Waals surface area (Å²) in [6, 6.07) is 16.1. The minimum atomic E-state index is -0.146. The lowest BCUT2D eigenvalue weighted by Gasteiger charge is -2.13. The van der Waals surface area contributed by atoms with Crippen molar-refractivity contribution in [3.05, 3.63) is 92.6 Å². The Bertz CT molecular complexity index is 1540. The minimum absolute atomic E-state index is 0.137. The molecule has 0 radical (unpaired) electrons.